The zero-order valence-corrected chi connectivity index (χ0v) is 14.5. The maximum Gasteiger partial charge on any atom is 0.307 e. The zero-order chi connectivity index (χ0) is 16.7. The van der Waals surface area contributed by atoms with Crippen molar-refractivity contribution in [1.82, 2.24) is 15.2 Å². The van der Waals surface area contributed by atoms with Crippen LogP contribution in [0.3, 0.4) is 0 Å². The molecular weight excluding hydrogens is 349 g/mol. The molecule has 24 heavy (non-hydrogen) atoms. The molecule has 0 unspecified atom stereocenters. The van der Waals surface area contributed by atoms with Gasteiger partial charge < -0.3 is 14.6 Å². The third-order valence-electron chi connectivity index (χ3n) is 4.88. The molecule has 1 N–H and O–H groups in total. The first kappa shape index (κ1) is 15.9. The zero-order valence-electron chi connectivity index (χ0n) is 13.0. The summed E-state index contributed by atoms with van der Waals surface area (Å²) in [7, 11) is 0. The highest BCUT2D eigenvalue weighted by atomic mass is 35.5. The first-order chi connectivity index (χ1) is 11.6. The summed E-state index contributed by atoms with van der Waals surface area (Å²) in [5, 5.41) is 3.97. The van der Waals surface area contributed by atoms with E-state index in [0.29, 0.717) is 21.7 Å². The number of nitrogens with one attached hydrogen (secondary N) is 1. The minimum atomic E-state index is -0.264. The molecule has 1 aromatic carbocycles. The first-order valence-electron chi connectivity index (χ1n) is 8.04. The minimum absolute atomic E-state index is 0.0764. The summed E-state index contributed by atoms with van der Waals surface area (Å²) >= 11 is 11.9. The number of piperidine rings is 3. The van der Waals surface area contributed by atoms with Crippen LogP contribution < -0.4 is 5.32 Å². The molecule has 3 saturated heterocycles. The van der Waals surface area contributed by atoms with E-state index >= 15 is 0 Å². The second kappa shape index (κ2) is 6.39. The second-order valence-corrected chi connectivity index (χ2v) is 7.19. The van der Waals surface area contributed by atoms with Crippen LogP contribution in [0, 0.1) is 5.92 Å². The van der Waals surface area contributed by atoms with Crippen molar-refractivity contribution < 1.29 is 9.21 Å². The van der Waals surface area contributed by atoms with Gasteiger partial charge in [0.2, 0.25) is 0 Å². The third kappa shape index (κ3) is 3.04. The molecule has 2 aromatic rings. The van der Waals surface area contributed by atoms with E-state index in [4.69, 9.17) is 27.6 Å². The van der Waals surface area contributed by atoms with Crippen molar-refractivity contribution in [2.45, 2.75) is 18.9 Å². The highest BCUT2D eigenvalue weighted by molar-refractivity contribution is 6.42. The molecule has 5 rings (SSSR count). The molecule has 0 radical (unpaired) electrons. The Balaban J connectivity index is 1.48. The van der Waals surface area contributed by atoms with Gasteiger partial charge in [0, 0.05) is 18.2 Å². The Morgan fingerprint density at radius 3 is 2.71 bits per heavy atom. The van der Waals surface area contributed by atoms with E-state index in [1.807, 2.05) is 0 Å². The number of aromatic nitrogens is 1. The number of oxazole rings is 1. The predicted molar refractivity (Wildman–Crippen MR) is 92.4 cm³/mol. The second-order valence-electron chi connectivity index (χ2n) is 6.38. The Morgan fingerprint density at radius 2 is 2.04 bits per heavy atom. The molecule has 5 nitrogen and oxygen atoms in total. The Bertz CT molecular complexity index is 769. The minimum Gasteiger partial charge on any atom is -0.432 e. The van der Waals surface area contributed by atoms with E-state index in [9.17, 15) is 4.79 Å². The fraction of sp³-hybridized carbons (Fsp3) is 0.412. The van der Waals surface area contributed by atoms with Gasteiger partial charge in [0.15, 0.2) is 5.76 Å². The molecule has 4 heterocycles. The van der Waals surface area contributed by atoms with Crippen molar-refractivity contribution in [3.05, 3.63) is 40.3 Å². The summed E-state index contributed by atoms with van der Waals surface area (Å²) in [5.41, 5.74) is 0.735. The fourth-order valence-electron chi connectivity index (χ4n) is 3.52. The standard InChI is InChI=1S/C17H17Cl2N3O2/c18-12-2-1-11(7-13(12)19)15-8-20-17(24-15)16(23)21-14-9-22-5-3-10(14)4-6-22/h1-2,7-8,10,14H,3-6,9H2,(H,21,23)/t14-/m0/s1. The van der Waals surface area contributed by atoms with Gasteiger partial charge in [0.25, 0.3) is 5.89 Å². The molecule has 3 fully saturated rings. The molecule has 3 aliphatic rings. The topological polar surface area (TPSA) is 58.4 Å². The molecule has 3 aliphatic heterocycles. The number of amides is 1. The number of nitrogens with zero attached hydrogens (tertiary/aromatic N) is 2. The van der Waals surface area contributed by atoms with Gasteiger partial charge in [0.1, 0.15) is 0 Å². The fourth-order valence-corrected chi connectivity index (χ4v) is 3.82. The average Bonchev–Trinajstić information content (AvgIpc) is 3.09. The summed E-state index contributed by atoms with van der Waals surface area (Å²) in [5.74, 6) is 0.865. The van der Waals surface area contributed by atoms with Crippen molar-refractivity contribution in [3.63, 3.8) is 0 Å². The van der Waals surface area contributed by atoms with Crippen LogP contribution in [-0.4, -0.2) is 41.5 Å². The lowest BCUT2D eigenvalue weighted by molar-refractivity contribution is 0.0602. The quantitative estimate of drug-likeness (QED) is 0.904. The third-order valence-corrected chi connectivity index (χ3v) is 5.62. The number of hydrogen-bond acceptors (Lipinski definition) is 4. The van der Waals surface area contributed by atoms with Gasteiger partial charge in [-0.25, -0.2) is 4.98 Å². The van der Waals surface area contributed by atoms with Crippen LogP contribution in [0.15, 0.2) is 28.8 Å². The van der Waals surface area contributed by atoms with E-state index in [1.165, 1.54) is 6.20 Å². The molecule has 0 saturated carbocycles. The monoisotopic (exact) mass is 365 g/mol. The summed E-state index contributed by atoms with van der Waals surface area (Å²) in [4.78, 5) is 18.9. The first-order valence-corrected chi connectivity index (χ1v) is 8.80. The van der Waals surface area contributed by atoms with Gasteiger partial charge in [-0.05, 0) is 50.0 Å². The summed E-state index contributed by atoms with van der Waals surface area (Å²) in [6.07, 6.45) is 3.82. The Morgan fingerprint density at radius 1 is 1.25 bits per heavy atom. The van der Waals surface area contributed by atoms with Crippen LogP contribution >= 0.6 is 23.2 Å². The molecular formula is C17H17Cl2N3O2. The molecule has 1 amide bonds. The van der Waals surface area contributed by atoms with Gasteiger partial charge in [-0.15, -0.1) is 0 Å². The maximum atomic E-state index is 12.4. The van der Waals surface area contributed by atoms with Crippen LogP contribution in [0.2, 0.25) is 10.0 Å². The van der Waals surface area contributed by atoms with E-state index in [0.717, 1.165) is 38.0 Å². The molecule has 1 aromatic heterocycles. The van der Waals surface area contributed by atoms with Gasteiger partial charge >= 0.3 is 5.91 Å². The lowest BCUT2D eigenvalue weighted by atomic mass is 9.84. The number of hydrogen-bond donors (Lipinski definition) is 1. The number of rotatable bonds is 3. The van der Waals surface area contributed by atoms with Crippen molar-refractivity contribution in [2.75, 3.05) is 19.6 Å². The number of benzene rings is 1. The smallest absolute Gasteiger partial charge is 0.307 e. The number of fused-ring (bicyclic) bond motifs is 3. The summed E-state index contributed by atoms with van der Waals surface area (Å²) < 4.78 is 5.61. The van der Waals surface area contributed by atoms with E-state index in [2.05, 4.69) is 15.2 Å². The van der Waals surface area contributed by atoms with Gasteiger partial charge in [-0.2, -0.15) is 0 Å². The Labute approximate surface area is 149 Å². The van der Waals surface area contributed by atoms with E-state index in [1.54, 1.807) is 18.2 Å². The maximum absolute atomic E-state index is 12.4. The van der Waals surface area contributed by atoms with E-state index < -0.39 is 0 Å². The molecule has 126 valence electrons. The van der Waals surface area contributed by atoms with Crippen LogP contribution in [0.4, 0.5) is 0 Å². The predicted octanol–water partition coefficient (Wildman–Crippen LogP) is 3.47. The highest BCUT2D eigenvalue weighted by Crippen LogP contribution is 2.30. The number of halogens is 2. The Hall–Kier alpha value is -1.56. The molecule has 1 atom stereocenters. The van der Waals surface area contributed by atoms with Crippen LogP contribution in [-0.2, 0) is 0 Å². The Kier molecular flexibility index (Phi) is 4.24. The van der Waals surface area contributed by atoms with Crippen LogP contribution in [0.1, 0.15) is 23.5 Å². The van der Waals surface area contributed by atoms with Gasteiger partial charge in [-0.1, -0.05) is 23.2 Å². The molecule has 0 spiro atoms. The average molecular weight is 366 g/mol. The highest BCUT2D eigenvalue weighted by Gasteiger charge is 2.35. The van der Waals surface area contributed by atoms with Crippen LogP contribution in [0.25, 0.3) is 11.3 Å². The summed E-state index contributed by atoms with van der Waals surface area (Å²) in [6.45, 7) is 3.19. The normalized spacial score (nSPS) is 25.7. The van der Waals surface area contributed by atoms with Crippen molar-refractivity contribution in [3.8, 4) is 11.3 Å². The van der Waals surface area contributed by atoms with Crippen molar-refractivity contribution >= 4 is 29.1 Å². The number of carbonyl (C=O) groups is 1. The van der Waals surface area contributed by atoms with Crippen molar-refractivity contribution in [2.24, 2.45) is 5.92 Å². The van der Waals surface area contributed by atoms with Crippen LogP contribution in [0.5, 0.6) is 0 Å². The lowest BCUT2D eigenvalue weighted by Gasteiger charge is -2.44. The van der Waals surface area contributed by atoms with Crippen molar-refractivity contribution in [1.29, 1.82) is 0 Å². The molecule has 0 aliphatic carbocycles. The van der Waals surface area contributed by atoms with Gasteiger partial charge in [-0.3, -0.25) is 4.79 Å². The molecule has 2 bridgehead atoms. The number of carbonyl (C=O) groups excluding carboxylic acids is 1. The summed E-state index contributed by atoms with van der Waals surface area (Å²) in [6, 6.07) is 5.35. The van der Waals surface area contributed by atoms with E-state index in [-0.39, 0.29) is 17.8 Å². The largest absolute Gasteiger partial charge is 0.432 e. The molecule has 7 heteroatoms. The SMILES string of the molecule is O=C(N[C@H]1CN2CCC1CC2)c1ncc(-c2ccc(Cl)c(Cl)c2)o1. The van der Waals surface area contributed by atoms with Gasteiger partial charge in [0.05, 0.1) is 16.2 Å². The lowest BCUT2D eigenvalue weighted by Crippen LogP contribution is -2.57.